The van der Waals surface area contributed by atoms with Crippen LogP contribution in [0, 0.1) is 13.8 Å². The molecule has 1 fully saturated rings. The van der Waals surface area contributed by atoms with E-state index in [1.165, 1.54) is 11.3 Å². The van der Waals surface area contributed by atoms with Gasteiger partial charge in [-0.15, -0.1) is 11.3 Å². The number of amides is 1. The SMILES string of the molecule is Cc1sc2nc(CCC(=O)N3CCOCC3CC(=O)O)[nH]c(=O)c2c1C. The molecule has 2 aromatic rings. The van der Waals surface area contributed by atoms with Crippen LogP contribution in [0.1, 0.15) is 29.1 Å². The lowest BCUT2D eigenvalue weighted by Crippen LogP contribution is -2.49. The molecular weight excluding hydrogens is 358 g/mol. The van der Waals surface area contributed by atoms with Gasteiger partial charge < -0.3 is 19.7 Å². The van der Waals surface area contributed by atoms with Crippen molar-refractivity contribution in [3.05, 3.63) is 26.6 Å². The highest BCUT2D eigenvalue weighted by Gasteiger charge is 2.29. The number of hydrogen-bond acceptors (Lipinski definition) is 6. The normalized spacial score (nSPS) is 17.6. The summed E-state index contributed by atoms with van der Waals surface area (Å²) < 4.78 is 5.29. The molecule has 2 N–H and O–H groups in total. The van der Waals surface area contributed by atoms with E-state index in [1.807, 2.05) is 13.8 Å². The number of hydrogen-bond donors (Lipinski definition) is 2. The molecule has 0 saturated carbocycles. The van der Waals surface area contributed by atoms with Gasteiger partial charge in [0.1, 0.15) is 10.7 Å². The van der Waals surface area contributed by atoms with Crippen LogP contribution in [0.4, 0.5) is 0 Å². The summed E-state index contributed by atoms with van der Waals surface area (Å²) in [7, 11) is 0. The number of thiophene rings is 1. The Morgan fingerprint density at radius 3 is 2.92 bits per heavy atom. The van der Waals surface area contributed by atoms with Crippen LogP contribution in [0.2, 0.25) is 0 Å². The van der Waals surface area contributed by atoms with E-state index >= 15 is 0 Å². The zero-order chi connectivity index (χ0) is 18.8. The molecule has 0 spiro atoms. The fourth-order valence-corrected chi connectivity index (χ4v) is 4.19. The number of aryl methyl sites for hydroxylation is 3. The molecule has 1 amide bonds. The number of aliphatic carboxylic acids is 1. The first-order valence-electron chi connectivity index (χ1n) is 8.44. The maximum absolute atomic E-state index is 12.5. The maximum Gasteiger partial charge on any atom is 0.305 e. The van der Waals surface area contributed by atoms with Gasteiger partial charge in [0.15, 0.2) is 0 Å². The van der Waals surface area contributed by atoms with Gasteiger partial charge in [0.05, 0.1) is 31.1 Å². The molecule has 1 unspecified atom stereocenters. The summed E-state index contributed by atoms with van der Waals surface area (Å²) in [6.45, 7) is 4.85. The van der Waals surface area contributed by atoms with Crippen molar-refractivity contribution in [2.75, 3.05) is 19.8 Å². The lowest BCUT2D eigenvalue weighted by Gasteiger charge is -2.34. The summed E-state index contributed by atoms with van der Waals surface area (Å²) in [6, 6.07) is -0.453. The van der Waals surface area contributed by atoms with Gasteiger partial charge in [0, 0.05) is 24.3 Å². The van der Waals surface area contributed by atoms with Crippen molar-refractivity contribution in [2.24, 2.45) is 0 Å². The fraction of sp³-hybridized carbons (Fsp3) is 0.529. The molecule has 1 aliphatic rings. The molecule has 1 aliphatic heterocycles. The number of morpholine rings is 1. The van der Waals surface area contributed by atoms with Crippen molar-refractivity contribution < 1.29 is 19.4 Å². The molecule has 0 bridgehead atoms. The zero-order valence-electron chi connectivity index (χ0n) is 14.7. The summed E-state index contributed by atoms with van der Waals surface area (Å²) in [6.07, 6.45) is 0.325. The Hall–Kier alpha value is -2.26. The van der Waals surface area contributed by atoms with Gasteiger partial charge >= 0.3 is 5.97 Å². The topological polar surface area (TPSA) is 113 Å². The van der Waals surface area contributed by atoms with Gasteiger partial charge in [0.25, 0.3) is 5.56 Å². The number of H-pyrrole nitrogens is 1. The summed E-state index contributed by atoms with van der Waals surface area (Å²) in [5.41, 5.74) is 0.751. The first kappa shape index (κ1) is 18.5. The van der Waals surface area contributed by atoms with Gasteiger partial charge in [-0.1, -0.05) is 0 Å². The van der Waals surface area contributed by atoms with Crippen molar-refractivity contribution >= 4 is 33.4 Å². The maximum atomic E-state index is 12.5. The molecule has 9 heteroatoms. The highest BCUT2D eigenvalue weighted by Crippen LogP contribution is 2.25. The van der Waals surface area contributed by atoms with E-state index in [2.05, 4.69) is 9.97 Å². The van der Waals surface area contributed by atoms with E-state index in [0.29, 0.717) is 35.6 Å². The van der Waals surface area contributed by atoms with Crippen molar-refractivity contribution in [2.45, 2.75) is 39.2 Å². The lowest BCUT2D eigenvalue weighted by molar-refractivity contribution is -0.146. The molecule has 0 aliphatic carbocycles. The van der Waals surface area contributed by atoms with Crippen LogP contribution in [0.3, 0.4) is 0 Å². The Balaban J connectivity index is 1.71. The molecule has 1 atom stereocenters. The van der Waals surface area contributed by atoms with Gasteiger partial charge in [-0.3, -0.25) is 14.4 Å². The average Bonchev–Trinajstić information content (AvgIpc) is 2.87. The minimum Gasteiger partial charge on any atom is -0.481 e. The van der Waals surface area contributed by atoms with Crippen LogP contribution >= 0.6 is 11.3 Å². The molecule has 0 aromatic carbocycles. The largest absolute Gasteiger partial charge is 0.481 e. The number of carboxylic acid groups (broad SMARTS) is 1. The number of nitrogens with zero attached hydrogens (tertiary/aromatic N) is 2. The van der Waals surface area contributed by atoms with Crippen LogP contribution in [0.25, 0.3) is 10.2 Å². The van der Waals surface area contributed by atoms with E-state index in [0.717, 1.165) is 10.4 Å². The summed E-state index contributed by atoms with van der Waals surface area (Å²) in [5, 5.41) is 9.60. The second-order valence-electron chi connectivity index (χ2n) is 6.39. The van der Waals surface area contributed by atoms with E-state index < -0.39 is 12.0 Å². The number of carbonyl (C=O) groups is 2. The Kier molecular flexibility index (Phi) is 5.38. The predicted octanol–water partition coefficient (Wildman–Crippen LogP) is 1.24. The minimum absolute atomic E-state index is 0.138. The van der Waals surface area contributed by atoms with Crippen LogP contribution in [0.5, 0.6) is 0 Å². The molecule has 3 rings (SSSR count). The van der Waals surface area contributed by atoms with Crippen molar-refractivity contribution in [1.29, 1.82) is 0 Å². The third-order valence-electron chi connectivity index (χ3n) is 4.62. The number of aromatic nitrogens is 2. The third-order valence-corrected chi connectivity index (χ3v) is 5.72. The van der Waals surface area contributed by atoms with Gasteiger partial charge in [-0.2, -0.15) is 0 Å². The summed E-state index contributed by atoms with van der Waals surface area (Å²) >= 11 is 1.47. The number of carbonyl (C=O) groups excluding carboxylic acids is 1. The Labute approximate surface area is 153 Å². The predicted molar refractivity (Wildman–Crippen MR) is 96.6 cm³/mol. The van der Waals surface area contributed by atoms with Crippen LogP contribution in [-0.4, -0.2) is 57.7 Å². The number of nitrogens with one attached hydrogen (secondary N) is 1. The monoisotopic (exact) mass is 379 g/mol. The molecular formula is C17H21N3O5S. The number of ether oxygens (including phenoxy) is 1. The van der Waals surface area contributed by atoms with E-state index in [-0.39, 0.29) is 30.9 Å². The standard InChI is InChI=1S/C17H21N3O5S/c1-9-10(2)26-17-15(9)16(24)18-12(19-17)3-4-13(21)20-5-6-25-8-11(20)7-14(22)23/h11H,3-8H2,1-2H3,(H,22,23)(H,18,19,24). The van der Waals surface area contributed by atoms with Crippen molar-refractivity contribution in [3.8, 4) is 0 Å². The number of fused-ring (bicyclic) bond motifs is 1. The molecule has 3 heterocycles. The van der Waals surface area contributed by atoms with Crippen molar-refractivity contribution in [1.82, 2.24) is 14.9 Å². The van der Waals surface area contributed by atoms with E-state index in [1.54, 1.807) is 4.90 Å². The summed E-state index contributed by atoms with van der Waals surface area (Å²) in [4.78, 5) is 46.3. The summed E-state index contributed by atoms with van der Waals surface area (Å²) in [5.74, 6) is -0.640. The molecule has 26 heavy (non-hydrogen) atoms. The molecule has 140 valence electrons. The minimum atomic E-state index is -0.960. The highest BCUT2D eigenvalue weighted by molar-refractivity contribution is 7.18. The Morgan fingerprint density at radius 1 is 1.42 bits per heavy atom. The second-order valence-corrected chi connectivity index (χ2v) is 7.59. The molecule has 0 radical (unpaired) electrons. The highest BCUT2D eigenvalue weighted by atomic mass is 32.1. The lowest BCUT2D eigenvalue weighted by atomic mass is 10.1. The van der Waals surface area contributed by atoms with Gasteiger partial charge in [-0.25, -0.2) is 4.98 Å². The smallest absolute Gasteiger partial charge is 0.305 e. The quantitative estimate of drug-likeness (QED) is 0.808. The first-order chi connectivity index (χ1) is 12.4. The average molecular weight is 379 g/mol. The van der Waals surface area contributed by atoms with Gasteiger partial charge in [-0.05, 0) is 19.4 Å². The Bertz CT molecular complexity index is 904. The van der Waals surface area contributed by atoms with Crippen LogP contribution in [0.15, 0.2) is 4.79 Å². The van der Waals surface area contributed by atoms with E-state index in [9.17, 15) is 14.4 Å². The number of aromatic amines is 1. The van der Waals surface area contributed by atoms with Gasteiger partial charge in [0.2, 0.25) is 5.91 Å². The van der Waals surface area contributed by atoms with Crippen molar-refractivity contribution in [3.63, 3.8) is 0 Å². The van der Waals surface area contributed by atoms with E-state index in [4.69, 9.17) is 9.84 Å². The third kappa shape index (κ3) is 3.78. The fourth-order valence-electron chi connectivity index (χ4n) is 3.14. The molecule has 1 saturated heterocycles. The number of carboxylic acids is 1. The number of rotatable bonds is 5. The first-order valence-corrected chi connectivity index (χ1v) is 9.26. The van der Waals surface area contributed by atoms with Crippen LogP contribution < -0.4 is 5.56 Å². The molecule has 2 aromatic heterocycles. The molecule has 8 nitrogen and oxygen atoms in total. The second kappa shape index (κ2) is 7.55. The van der Waals surface area contributed by atoms with Crippen LogP contribution in [-0.2, 0) is 20.7 Å². The Morgan fingerprint density at radius 2 is 2.19 bits per heavy atom. The zero-order valence-corrected chi connectivity index (χ0v) is 15.5.